The number of benzene rings is 1. The molecule has 2 amide bonds. The molecule has 1 aliphatic heterocycles. The zero-order valence-electron chi connectivity index (χ0n) is 26.0. The van der Waals surface area contributed by atoms with Crippen LogP contribution in [0.5, 0.6) is 0 Å². The molecule has 5 rings (SSSR count). The van der Waals surface area contributed by atoms with Crippen LogP contribution in [0.15, 0.2) is 30.5 Å². The number of nitrogens with two attached hydrogens (primary N) is 1. The van der Waals surface area contributed by atoms with Crippen molar-refractivity contribution in [2.75, 3.05) is 5.32 Å². The minimum atomic E-state index is -0.862. The summed E-state index contributed by atoms with van der Waals surface area (Å²) in [7, 11) is 0. The topological polar surface area (TPSA) is 134 Å². The van der Waals surface area contributed by atoms with Crippen LogP contribution >= 0.6 is 23.2 Å². The number of carbonyl (C=O) groups excluding carboxylic acids is 2. The Kier molecular flexibility index (Phi) is 12.2. The summed E-state index contributed by atoms with van der Waals surface area (Å²) in [4.78, 5) is 36.5. The van der Waals surface area contributed by atoms with Crippen molar-refractivity contribution in [3.8, 4) is 0 Å². The summed E-state index contributed by atoms with van der Waals surface area (Å²) < 4.78 is 15.5. The highest BCUT2D eigenvalue weighted by molar-refractivity contribution is 6.31. The first kappa shape index (κ1) is 35.7. The van der Waals surface area contributed by atoms with Gasteiger partial charge in [-0.2, -0.15) is 0 Å². The van der Waals surface area contributed by atoms with E-state index < -0.39 is 34.6 Å². The van der Waals surface area contributed by atoms with Gasteiger partial charge in [-0.05, 0) is 66.3 Å². The van der Waals surface area contributed by atoms with Crippen LogP contribution in [0.25, 0.3) is 0 Å². The summed E-state index contributed by atoms with van der Waals surface area (Å²) in [5.74, 6) is -0.932. The van der Waals surface area contributed by atoms with E-state index in [1.54, 1.807) is 18.2 Å². The molecular formula is C33H45Cl2FN4O4. The number of aromatic nitrogens is 1. The predicted octanol–water partition coefficient (Wildman–Crippen LogP) is 7.22. The maximum Gasteiger partial charge on any atom is 0.290 e. The Morgan fingerprint density at radius 1 is 1.09 bits per heavy atom. The molecule has 3 atom stereocenters. The van der Waals surface area contributed by atoms with E-state index in [1.807, 2.05) is 13.0 Å². The van der Waals surface area contributed by atoms with Gasteiger partial charge in [0.1, 0.15) is 0 Å². The second-order valence-electron chi connectivity index (χ2n) is 13.3. The van der Waals surface area contributed by atoms with E-state index in [1.165, 1.54) is 38.3 Å². The van der Waals surface area contributed by atoms with Gasteiger partial charge >= 0.3 is 0 Å². The number of nitrogens with zero attached hydrogens (tertiary/aromatic N) is 1. The van der Waals surface area contributed by atoms with E-state index in [2.05, 4.69) is 36.4 Å². The standard InChI is InChI=1S/C25H29Cl2FN4O2.C7H14.CH2O2/c1-23(2)7-9-25(10-8-23)24(3,16-5-4-14(26)12-17(16)31-13-33)18(20(32-25)22(29)34)15-6-11-30-21(27)19(15)28;1-7-5-3-2-4-6-7;2-1-3/h4-6,11-13,18,20,32H,7-10H2,1-3H3,(H2,29,34)(H,31,33);7H,2-6H2,1H3;1H,(H,2,3)/t18-,20+,24+;;/m0../s1. The Morgan fingerprint density at radius 3 is 2.23 bits per heavy atom. The Morgan fingerprint density at radius 2 is 1.70 bits per heavy atom. The molecule has 2 heterocycles. The van der Waals surface area contributed by atoms with Gasteiger partial charge in [0.15, 0.2) is 11.0 Å². The van der Waals surface area contributed by atoms with Crippen molar-refractivity contribution in [2.45, 2.75) is 108 Å². The SMILES string of the molecule is CC1(C)CCC2(CC1)N[C@@H](C(N)=O)[C@H](c1ccnc(Cl)c1F)[C@@]2(C)c1ccc(Cl)cc1NC=O.CC1CCCCC1.O=CO. The maximum atomic E-state index is 15.5. The van der Waals surface area contributed by atoms with Crippen LogP contribution in [0.4, 0.5) is 10.1 Å². The van der Waals surface area contributed by atoms with E-state index in [-0.39, 0.29) is 22.6 Å². The van der Waals surface area contributed by atoms with E-state index >= 15 is 4.39 Å². The summed E-state index contributed by atoms with van der Waals surface area (Å²) in [6, 6.07) is 5.94. The Labute approximate surface area is 269 Å². The zero-order chi connectivity index (χ0) is 32.7. The van der Waals surface area contributed by atoms with Crippen molar-refractivity contribution < 1.29 is 23.9 Å². The Balaban J connectivity index is 0.000000453. The lowest BCUT2D eigenvalue weighted by atomic mass is 9.53. The number of nitrogens with one attached hydrogen (secondary N) is 2. The number of halogens is 3. The fourth-order valence-corrected chi connectivity index (χ4v) is 7.80. The van der Waals surface area contributed by atoms with Crippen LogP contribution in [0, 0.1) is 17.2 Å². The largest absolute Gasteiger partial charge is 0.483 e. The first-order chi connectivity index (χ1) is 20.8. The molecule has 3 fully saturated rings. The van der Waals surface area contributed by atoms with Gasteiger partial charge in [-0.1, -0.05) is 89.1 Å². The number of hydrogen-bond acceptors (Lipinski definition) is 5. The fourth-order valence-electron chi connectivity index (χ4n) is 7.46. The Hall–Kier alpha value is -2.75. The third-order valence-electron chi connectivity index (χ3n) is 10.0. The van der Waals surface area contributed by atoms with Crippen LogP contribution in [-0.4, -0.2) is 40.5 Å². The van der Waals surface area contributed by atoms with Gasteiger partial charge in [-0.25, -0.2) is 9.37 Å². The predicted molar refractivity (Wildman–Crippen MR) is 172 cm³/mol. The molecule has 242 valence electrons. The summed E-state index contributed by atoms with van der Waals surface area (Å²) in [5.41, 5.74) is 6.10. The number of primary amides is 1. The molecule has 5 N–H and O–H groups in total. The molecule has 3 aliphatic rings. The lowest BCUT2D eigenvalue weighted by Gasteiger charge is -2.52. The monoisotopic (exact) mass is 650 g/mol. The number of anilines is 1. The second kappa shape index (κ2) is 15.0. The minimum Gasteiger partial charge on any atom is -0.483 e. The number of carbonyl (C=O) groups is 3. The molecule has 0 unspecified atom stereocenters. The number of amides is 2. The van der Waals surface area contributed by atoms with E-state index in [0.29, 0.717) is 17.1 Å². The van der Waals surface area contributed by atoms with Crippen LogP contribution in [0.3, 0.4) is 0 Å². The van der Waals surface area contributed by atoms with Gasteiger partial charge in [0, 0.05) is 33.8 Å². The first-order valence-corrected chi connectivity index (χ1v) is 16.0. The minimum absolute atomic E-state index is 0.128. The van der Waals surface area contributed by atoms with Crippen LogP contribution in [0.2, 0.25) is 10.2 Å². The molecule has 0 bridgehead atoms. The van der Waals surface area contributed by atoms with Gasteiger partial charge in [0.2, 0.25) is 12.3 Å². The summed E-state index contributed by atoms with van der Waals surface area (Å²) in [6.45, 7) is 8.57. The third-order valence-corrected chi connectivity index (χ3v) is 10.5. The highest BCUT2D eigenvalue weighted by Crippen LogP contribution is 2.61. The lowest BCUT2D eigenvalue weighted by molar-refractivity contribution is -0.123. The molecule has 44 heavy (non-hydrogen) atoms. The summed E-state index contributed by atoms with van der Waals surface area (Å²) >= 11 is 12.3. The van der Waals surface area contributed by atoms with Crippen molar-refractivity contribution >= 4 is 47.7 Å². The van der Waals surface area contributed by atoms with Crippen molar-refractivity contribution in [2.24, 2.45) is 17.1 Å². The van der Waals surface area contributed by atoms with Crippen LogP contribution in [-0.2, 0) is 19.8 Å². The number of pyridine rings is 1. The van der Waals surface area contributed by atoms with Crippen molar-refractivity contribution in [3.05, 3.63) is 57.6 Å². The maximum absolute atomic E-state index is 15.5. The van der Waals surface area contributed by atoms with E-state index in [0.717, 1.165) is 37.2 Å². The molecule has 2 aromatic rings. The van der Waals surface area contributed by atoms with Gasteiger partial charge in [-0.15, -0.1) is 0 Å². The summed E-state index contributed by atoms with van der Waals surface area (Å²) in [5, 5.41) is 13.4. The average molecular weight is 652 g/mol. The molecule has 0 radical (unpaired) electrons. The molecule has 11 heteroatoms. The van der Waals surface area contributed by atoms with Gasteiger partial charge in [0.25, 0.3) is 6.47 Å². The highest BCUT2D eigenvalue weighted by atomic mass is 35.5. The quantitative estimate of drug-likeness (QED) is 0.199. The fraction of sp³-hybridized carbons (Fsp3) is 0.576. The zero-order valence-corrected chi connectivity index (χ0v) is 27.5. The smallest absolute Gasteiger partial charge is 0.290 e. The second-order valence-corrected chi connectivity index (χ2v) is 14.1. The van der Waals surface area contributed by atoms with Gasteiger partial charge in [0.05, 0.1) is 6.04 Å². The van der Waals surface area contributed by atoms with Crippen LogP contribution < -0.4 is 16.4 Å². The van der Waals surface area contributed by atoms with E-state index in [4.69, 9.17) is 38.8 Å². The molecule has 2 saturated carbocycles. The molecule has 1 saturated heterocycles. The molecular weight excluding hydrogens is 606 g/mol. The normalized spacial score (nSPS) is 25.5. The third kappa shape index (κ3) is 7.54. The van der Waals surface area contributed by atoms with E-state index in [9.17, 15) is 9.59 Å². The molecule has 1 aromatic heterocycles. The van der Waals surface area contributed by atoms with Crippen molar-refractivity contribution in [3.63, 3.8) is 0 Å². The van der Waals surface area contributed by atoms with Crippen molar-refractivity contribution in [1.82, 2.24) is 10.3 Å². The van der Waals surface area contributed by atoms with Crippen molar-refractivity contribution in [1.29, 1.82) is 0 Å². The first-order valence-electron chi connectivity index (χ1n) is 15.2. The lowest BCUT2D eigenvalue weighted by Crippen LogP contribution is -2.58. The average Bonchev–Trinajstić information content (AvgIpc) is 3.22. The summed E-state index contributed by atoms with van der Waals surface area (Å²) in [6.07, 6.45) is 12.7. The van der Waals surface area contributed by atoms with Gasteiger partial charge in [-0.3, -0.25) is 19.7 Å². The highest BCUT2D eigenvalue weighted by Gasteiger charge is 2.65. The molecule has 1 aromatic carbocycles. The number of rotatable bonds is 5. The molecule has 2 aliphatic carbocycles. The Bertz CT molecular complexity index is 1310. The molecule has 8 nitrogen and oxygen atoms in total. The van der Waals surface area contributed by atoms with Gasteiger partial charge < -0.3 is 16.2 Å². The number of hydrogen-bond donors (Lipinski definition) is 4. The van der Waals surface area contributed by atoms with Crippen LogP contribution in [0.1, 0.15) is 103 Å². The number of carboxylic acid groups (broad SMARTS) is 1. The molecule has 1 spiro atoms.